The Morgan fingerprint density at radius 1 is 1.06 bits per heavy atom. The average Bonchev–Trinajstić information content (AvgIpc) is 2.97. The van der Waals surface area contributed by atoms with Crippen LogP contribution in [0.1, 0.15) is 36.3 Å². The summed E-state index contributed by atoms with van der Waals surface area (Å²) < 4.78 is 31.5. The number of carbonyl (C=O) groups excluding carboxylic acids is 1. The second-order valence-electron chi connectivity index (χ2n) is 8.01. The first-order valence-corrected chi connectivity index (χ1v) is 11.8. The molecule has 2 aromatic carbocycles. The van der Waals surface area contributed by atoms with Crippen LogP contribution >= 0.6 is 0 Å². The number of carbonyl (C=O) groups is 1. The maximum absolute atomic E-state index is 13.0. The van der Waals surface area contributed by atoms with E-state index in [1.54, 1.807) is 49.0 Å². The molecule has 0 radical (unpaired) electrons. The van der Waals surface area contributed by atoms with Gasteiger partial charge < -0.3 is 5.32 Å². The second kappa shape index (κ2) is 9.44. The number of hydrogen-bond acceptors (Lipinski definition) is 4. The first-order chi connectivity index (χ1) is 15.1. The van der Waals surface area contributed by atoms with Gasteiger partial charge in [-0.1, -0.05) is 38.1 Å². The molecule has 1 heterocycles. The summed E-state index contributed by atoms with van der Waals surface area (Å²) >= 11 is 0. The summed E-state index contributed by atoms with van der Waals surface area (Å²) in [6.07, 6.45) is 0.826. The molecule has 2 N–H and O–H groups in total. The largest absolute Gasteiger partial charge is 0.352 e. The van der Waals surface area contributed by atoms with Crippen molar-refractivity contribution in [1.82, 2.24) is 14.7 Å². The fourth-order valence-corrected chi connectivity index (χ4v) is 4.42. The van der Waals surface area contributed by atoms with Crippen molar-refractivity contribution in [2.75, 3.05) is 11.3 Å². The Labute approximate surface area is 187 Å². The first-order valence-electron chi connectivity index (χ1n) is 10.4. The SMILES string of the molecule is Cc1c(NS(=O)(=O)c2cccc(C(=O)NCCC(C)C)c2)c(=O)n(-c2ccccc2)n1C. The summed E-state index contributed by atoms with van der Waals surface area (Å²) in [6.45, 7) is 6.29. The van der Waals surface area contributed by atoms with Crippen molar-refractivity contribution in [2.24, 2.45) is 13.0 Å². The standard InChI is InChI=1S/C23H28N4O4S/c1-16(2)13-14-24-22(28)18-9-8-12-20(15-18)32(30,31)25-21-17(3)26(4)27(23(21)29)19-10-6-5-7-11-19/h5-12,15-16,25H,13-14H2,1-4H3,(H,24,28). The number of amides is 1. The van der Waals surface area contributed by atoms with Crippen molar-refractivity contribution in [3.8, 4) is 5.69 Å². The van der Waals surface area contributed by atoms with Crippen LogP contribution in [0.3, 0.4) is 0 Å². The minimum absolute atomic E-state index is 0.0388. The predicted octanol–water partition coefficient (Wildman–Crippen LogP) is 3.06. The number of aromatic nitrogens is 2. The monoisotopic (exact) mass is 456 g/mol. The van der Waals surface area contributed by atoms with Crippen LogP contribution in [0.4, 0.5) is 5.69 Å². The lowest BCUT2D eigenvalue weighted by Crippen LogP contribution is -2.26. The van der Waals surface area contributed by atoms with Gasteiger partial charge in [-0.25, -0.2) is 13.1 Å². The Morgan fingerprint density at radius 3 is 2.41 bits per heavy atom. The Hall–Kier alpha value is -3.33. The van der Waals surface area contributed by atoms with Gasteiger partial charge >= 0.3 is 0 Å². The number of anilines is 1. The number of rotatable bonds is 8. The molecule has 0 aliphatic rings. The first kappa shape index (κ1) is 23.3. The molecule has 0 saturated heterocycles. The number of hydrogen-bond donors (Lipinski definition) is 2. The molecule has 0 saturated carbocycles. The summed E-state index contributed by atoms with van der Waals surface area (Å²) in [5.41, 5.74) is 0.798. The third-order valence-electron chi connectivity index (χ3n) is 5.20. The van der Waals surface area contributed by atoms with Gasteiger partial charge in [0.15, 0.2) is 0 Å². The molecule has 32 heavy (non-hydrogen) atoms. The van der Waals surface area contributed by atoms with Crippen LogP contribution < -0.4 is 15.6 Å². The van der Waals surface area contributed by atoms with Crippen molar-refractivity contribution >= 4 is 21.6 Å². The number of sulfonamides is 1. The van der Waals surface area contributed by atoms with Gasteiger partial charge in [-0.3, -0.25) is 19.0 Å². The molecule has 0 aliphatic heterocycles. The summed E-state index contributed by atoms with van der Waals surface area (Å²) in [4.78, 5) is 25.3. The van der Waals surface area contributed by atoms with Gasteiger partial charge in [-0.05, 0) is 49.6 Å². The molecule has 0 unspecified atom stereocenters. The Morgan fingerprint density at radius 2 is 1.75 bits per heavy atom. The zero-order valence-electron chi connectivity index (χ0n) is 18.6. The average molecular weight is 457 g/mol. The summed E-state index contributed by atoms with van der Waals surface area (Å²) in [5.74, 6) is 0.102. The van der Waals surface area contributed by atoms with Gasteiger partial charge in [0.05, 0.1) is 16.3 Å². The van der Waals surface area contributed by atoms with E-state index in [0.29, 0.717) is 23.8 Å². The molecule has 0 bridgehead atoms. The van der Waals surface area contributed by atoms with E-state index in [1.807, 2.05) is 6.07 Å². The van der Waals surface area contributed by atoms with Crippen LogP contribution in [0, 0.1) is 12.8 Å². The Balaban J connectivity index is 1.89. The maximum atomic E-state index is 13.0. The number of para-hydroxylation sites is 1. The van der Waals surface area contributed by atoms with Crippen molar-refractivity contribution < 1.29 is 13.2 Å². The lowest BCUT2D eigenvalue weighted by atomic mass is 10.1. The summed E-state index contributed by atoms with van der Waals surface area (Å²) in [5, 5.41) is 2.80. The molecule has 170 valence electrons. The highest BCUT2D eigenvalue weighted by molar-refractivity contribution is 7.92. The molecule has 0 atom stereocenters. The molecule has 8 nitrogen and oxygen atoms in total. The molecule has 9 heteroatoms. The molecule has 1 amide bonds. The van der Waals surface area contributed by atoms with Gasteiger partial charge in [0.1, 0.15) is 5.69 Å². The minimum atomic E-state index is -4.09. The quantitative estimate of drug-likeness (QED) is 0.544. The smallest absolute Gasteiger partial charge is 0.296 e. The fraction of sp³-hybridized carbons (Fsp3) is 0.304. The van der Waals surface area contributed by atoms with Gasteiger partial charge in [0.2, 0.25) is 0 Å². The lowest BCUT2D eigenvalue weighted by molar-refractivity contribution is 0.0952. The molecule has 1 aromatic heterocycles. The lowest BCUT2D eigenvalue weighted by Gasteiger charge is -2.10. The van der Waals surface area contributed by atoms with E-state index in [0.717, 1.165) is 6.42 Å². The van der Waals surface area contributed by atoms with E-state index in [9.17, 15) is 18.0 Å². The van der Waals surface area contributed by atoms with E-state index in [-0.39, 0.29) is 22.1 Å². The molecular weight excluding hydrogens is 428 g/mol. The number of nitrogens with zero attached hydrogens (tertiary/aromatic N) is 2. The highest BCUT2D eigenvalue weighted by Crippen LogP contribution is 2.19. The predicted molar refractivity (Wildman–Crippen MR) is 125 cm³/mol. The molecule has 3 aromatic rings. The number of benzene rings is 2. The van der Waals surface area contributed by atoms with Crippen LogP contribution in [0.5, 0.6) is 0 Å². The van der Waals surface area contributed by atoms with Gasteiger partial charge in [0.25, 0.3) is 21.5 Å². The van der Waals surface area contributed by atoms with Gasteiger partial charge in [0, 0.05) is 19.2 Å². The van der Waals surface area contributed by atoms with Crippen LogP contribution in [-0.4, -0.2) is 30.2 Å². The van der Waals surface area contributed by atoms with Crippen molar-refractivity contribution in [2.45, 2.75) is 32.1 Å². The normalized spacial score (nSPS) is 11.5. The maximum Gasteiger partial charge on any atom is 0.296 e. The van der Waals surface area contributed by atoms with Gasteiger partial charge in [-0.15, -0.1) is 0 Å². The zero-order valence-corrected chi connectivity index (χ0v) is 19.4. The molecule has 3 rings (SSSR count). The molecule has 0 spiro atoms. The Kier molecular flexibility index (Phi) is 6.88. The molecular formula is C23H28N4O4S. The summed E-state index contributed by atoms with van der Waals surface area (Å²) in [7, 11) is -2.41. The topological polar surface area (TPSA) is 102 Å². The van der Waals surface area contributed by atoms with Crippen LogP contribution in [0.25, 0.3) is 5.69 Å². The second-order valence-corrected chi connectivity index (χ2v) is 9.69. The van der Waals surface area contributed by atoms with E-state index < -0.39 is 15.6 Å². The third-order valence-corrected chi connectivity index (χ3v) is 6.55. The Bertz CT molecular complexity index is 1280. The number of nitrogens with one attached hydrogen (secondary N) is 2. The van der Waals surface area contributed by atoms with Gasteiger partial charge in [-0.2, -0.15) is 0 Å². The summed E-state index contributed by atoms with van der Waals surface area (Å²) in [6, 6.07) is 14.7. The van der Waals surface area contributed by atoms with E-state index in [2.05, 4.69) is 23.9 Å². The van der Waals surface area contributed by atoms with E-state index >= 15 is 0 Å². The fourth-order valence-electron chi connectivity index (χ4n) is 3.26. The van der Waals surface area contributed by atoms with Crippen LogP contribution in [0.2, 0.25) is 0 Å². The van der Waals surface area contributed by atoms with E-state index in [1.165, 1.54) is 22.9 Å². The molecule has 0 fully saturated rings. The van der Waals surface area contributed by atoms with E-state index in [4.69, 9.17) is 0 Å². The molecule has 0 aliphatic carbocycles. The third kappa shape index (κ3) is 4.94. The zero-order chi connectivity index (χ0) is 23.5. The van der Waals surface area contributed by atoms with Crippen LogP contribution in [-0.2, 0) is 17.1 Å². The highest BCUT2D eigenvalue weighted by atomic mass is 32.2. The van der Waals surface area contributed by atoms with Crippen molar-refractivity contribution in [3.63, 3.8) is 0 Å². The van der Waals surface area contributed by atoms with Crippen molar-refractivity contribution in [3.05, 3.63) is 76.2 Å². The van der Waals surface area contributed by atoms with Crippen molar-refractivity contribution in [1.29, 1.82) is 0 Å². The van der Waals surface area contributed by atoms with Crippen LogP contribution in [0.15, 0.2) is 64.3 Å². The highest BCUT2D eigenvalue weighted by Gasteiger charge is 2.23. The minimum Gasteiger partial charge on any atom is -0.352 e.